The van der Waals surface area contributed by atoms with E-state index < -0.39 is 0 Å². The van der Waals surface area contributed by atoms with Crippen molar-refractivity contribution >= 4 is 5.78 Å². The lowest BCUT2D eigenvalue weighted by molar-refractivity contribution is -0.817. The fourth-order valence-electron chi connectivity index (χ4n) is 3.49. The molecule has 0 aromatic rings. The van der Waals surface area contributed by atoms with Gasteiger partial charge in [-0.2, -0.15) is 0 Å². The highest BCUT2D eigenvalue weighted by atomic mass is 16.1. The molecule has 90 valence electrons. The van der Waals surface area contributed by atoms with Crippen LogP contribution in [0.2, 0.25) is 0 Å². The molecule has 2 heteroatoms. The number of fused-ring (bicyclic) bond motifs is 2. The van der Waals surface area contributed by atoms with Crippen LogP contribution < -0.4 is 0 Å². The molecular weight excluding hydrogens is 198 g/mol. The maximum absolute atomic E-state index is 12.5. The van der Waals surface area contributed by atoms with E-state index in [-0.39, 0.29) is 10.8 Å². The fourth-order valence-corrected chi connectivity index (χ4v) is 3.49. The lowest BCUT2D eigenvalue weighted by Crippen LogP contribution is -2.33. The molecule has 0 heterocycles. The number of allylic oxidation sites excluding steroid dienone is 1. The molecule has 0 unspecified atom stereocenters. The average Bonchev–Trinajstić information content (AvgIpc) is 2.38. The summed E-state index contributed by atoms with van der Waals surface area (Å²) >= 11 is 0. The molecule has 16 heavy (non-hydrogen) atoms. The van der Waals surface area contributed by atoms with Gasteiger partial charge in [0.15, 0.2) is 5.78 Å². The first-order valence-electron chi connectivity index (χ1n) is 6.18. The first kappa shape index (κ1) is 11.8. The number of rotatable bonds is 1. The van der Waals surface area contributed by atoms with Crippen LogP contribution in [0.4, 0.5) is 0 Å². The first-order valence-corrected chi connectivity index (χ1v) is 6.18. The van der Waals surface area contributed by atoms with E-state index in [1.165, 1.54) is 6.42 Å². The highest BCUT2D eigenvalue weighted by Gasteiger charge is 2.64. The van der Waals surface area contributed by atoms with Crippen LogP contribution in [0.3, 0.4) is 0 Å². The minimum atomic E-state index is -0.112. The zero-order valence-electron chi connectivity index (χ0n) is 11.4. The molecule has 2 fully saturated rings. The lowest BCUT2D eigenvalue weighted by atomic mass is 9.70. The van der Waals surface area contributed by atoms with Gasteiger partial charge in [-0.25, -0.2) is 0 Å². The molecule has 0 aromatic heterocycles. The second-order valence-electron chi connectivity index (χ2n) is 7.17. The molecular formula is C14H24NO+. The smallest absolute Gasteiger partial charge is 0.170 e. The van der Waals surface area contributed by atoms with E-state index in [4.69, 9.17) is 0 Å². The summed E-state index contributed by atoms with van der Waals surface area (Å²) in [6.07, 6.45) is 4.40. The maximum Gasteiger partial charge on any atom is 0.170 e. The van der Waals surface area contributed by atoms with Gasteiger partial charge < -0.3 is 4.48 Å². The molecule has 2 bridgehead atoms. The Labute approximate surface area is 98.9 Å². The van der Waals surface area contributed by atoms with Gasteiger partial charge in [0.25, 0.3) is 0 Å². The Morgan fingerprint density at radius 3 is 2.19 bits per heavy atom. The minimum Gasteiger partial charge on any atom is -0.304 e. The third-order valence-electron chi connectivity index (χ3n) is 4.89. The molecule has 0 aliphatic heterocycles. The molecule has 0 amide bonds. The molecule has 0 saturated heterocycles. The number of hydrogen-bond acceptors (Lipinski definition) is 1. The summed E-state index contributed by atoms with van der Waals surface area (Å²) in [6.45, 7) is 6.68. The molecule has 0 radical (unpaired) electrons. The number of carbonyl (C=O) groups excluding carboxylic acids is 1. The van der Waals surface area contributed by atoms with Crippen LogP contribution in [0.25, 0.3) is 0 Å². The summed E-state index contributed by atoms with van der Waals surface area (Å²) < 4.78 is 0.740. The van der Waals surface area contributed by atoms with Gasteiger partial charge in [0, 0.05) is 5.41 Å². The third-order valence-corrected chi connectivity index (χ3v) is 4.89. The first-order chi connectivity index (χ1) is 7.09. The zero-order chi connectivity index (χ0) is 12.4. The number of Topliss-reactive ketones (excluding diaryl/α,β-unsaturated/α-hetero) is 1. The highest BCUT2D eigenvalue weighted by Crippen LogP contribution is 2.65. The van der Waals surface area contributed by atoms with E-state index in [1.54, 1.807) is 0 Å². The monoisotopic (exact) mass is 222 g/mol. The van der Waals surface area contributed by atoms with Crippen molar-refractivity contribution < 1.29 is 9.28 Å². The molecule has 0 aromatic carbocycles. The molecule has 2 aliphatic rings. The summed E-state index contributed by atoms with van der Waals surface area (Å²) in [4.78, 5) is 12.5. The van der Waals surface area contributed by atoms with Crippen molar-refractivity contribution in [2.24, 2.45) is 16.7 Å². The number of quaternary nitrogens is 1. The largest absolute Gasteiger partial charge is 0.304 e. The number of hydrogen-bond donors (Lipinski definition) is 0. The Bertz CT molecular complexity index is 373. The summed E-state index contributed by atoms with van der Waals surface area (Å²) in [5.41, 5.74) is 1.12. The predicted molar refractivity (Wildman–Crippen MR) is 65.7 cm³/mol. The predicted octanol–water partition coefficient (Wildman–Crippen LogP) is 2.60. The van der Waals surface area contributed by atoms with Gasteiger partial charge in [0.05, 0.1) is 26.7 Å². The molecule has 0 N–H and O–H groups in total. The molecule has 0 spiro atoms. The second-order valence-corrected chi connectivity index (χ2v) is 7.17. The van der Waals surface area contributed by atoms with Crippen LogP contribution in [0, 0.1) is 16.7 Å². The van der Waals surface area contributed by atoms with Crippen LogP contribution in [-0.4, -0.2) is 31.4 Å². The van der Waals surface area contributed by atoms with Crippen molar-refractivity contribution in [3.8, 4) is 0 Å². The molecule has 2 atom stereocenters. The zero-order valence-corrected chi connectivity index (χ0v) is 11.4. The van der Waals surface area contributed by atoms with E-state index in [1.807, 2.05) is 0 Å². The Morgan fingerprint density at radius 1 is 1.25 bits per heavy atom. The average molecular weight is 222 g/mol. The van der Waals surface area contributed by atoms with Gasteiger partial charge in [-0.05, 0) is 24.2 Å². The third kappa shape index (κ3) is 1.32. The summed E-state index contributed by atoms with van der Waals surface area (Å²) in [5, 5.41) is 0. The summed E-state index contributed by atoms with van der Waals surface area (Å²) in [7, 11) is 6.34. The lowest BCUT2D eigenvalue weighted by Gasteiger charge is -2.31. The SMILES string of the molecule is CC1(C)[C@H]2CC[C@]1(C)C(=O)C2=C[N+](C)(C)C. The van der Waals surface area contributed by atoms with Crippen LogP contribution in [-0.2, 0) is 4.79 Å². The topological polar surface area (TPSA) is 17.1 Å². The van der Waals surface area contributed by atoms with Crippen molar-refractivity contribution in [2.75, 3.05) is 21.1 Å². The van der Waals surface area contributed by atoms with Crippen molar-refractivity contribution in [1.82, 2.24) is 0 Å². The second kappa shape index (κ2) is 2.98. The van der Waals surface area contributed by atoms with Crippen LogP contribution in [0.1, 0.15) is 33.6 Å². The number of carbonyl (C=O) groups is 1. The Balaban J connectivity index is 2.49. The number of ketones is 1. The Morgan fingerprint density at radius 2 is 1.81 bits per heavy atom. The Kier molecular flexibility index (Phi) is 2.20. The van der Waals surface area contributed by atoms with Crippen molar-refractivity contribution in [3.63, 3.8) is 0 Å². The van der Waals surface area contributed by atoms with E-state index in [2.05, 4.69) is 48.1 Å². The Hall–Kier alpha value is -0.630. The van der Waals surface area contributed by atoms with E-state index in [0.29, 0.717) is 11.7 Å². The van der Waals surface area contributed by atoms with Gasteiger partial charge in [-0.1, -0.05) is 20.8 Å². The molecule has 2 nitrogen and oxygen atoms in total. The normalized spacial score (nSPS) is 39.8. The summed E-state index contributed by atoms with van der Waals surface area (Å²) in [5.74, 6) is 0.879. The van der Waals surface area contributed by atoms with Gasteiger partial charge in [0.2, 0.25) is 0 Å². The van der Waals surface area contributed by atoms with Gasteiger partial charge in [0.1, 0.15) is 6.20 Å². The van der Waals surface area contributed by atoms with E-state index in [0.717, 1.165) is 16.5 Å². The standard InChI is InChI=1S/C14H24NO/c1-13(2)11-7-8-14(13,3)12(16)10(11)9-15(4,5)6/h9,11H,7-8H2,1-6H3/q+1/t11-,14+/m0/s1. The van der Waals surface area contributed by atoms with Gasteiger partial charge in [-0.3, -0.25) is 4.79 Å². The number of nitrogens with zero attached hydrogens (tertiary/aromatic N) is 1. The molecule has 2 rings (SSSR count). The molecule has 2 aliphatic carbocycles. The molecule has 2 saturated carbocycles. The van der Waals surface area contributed by atoms with Crippen molar-refractivity contribution in [3.05, 3.63) is 11.8 Å². The van der Waals surface area contributed by atoms with E-state index in [9.17, 15) is 4.79 Å². The minimum absolute atomic E-state index is 0.112. The maximum atomic E-state index is 12.5. The van der Waals surface area contributed by atoms with Crippen LogP contribution in [0.15, 0.2) is 11.8 Å². The van der Waals surface area contributed by atoms with Crippen LogP contribution in [0.5, 0.6) is 0 Å². The highest BCUT2D eigenvalue weighted by molar-refractivity contribution is 6.04. The van der Waals surface area contributed by atoms with Crippen molar-refractivity contribution in [2.45, 2.75) is 33.6 Å². The van der Waals surface area contributed by atoms with E-state index >= 15 is 0 Å². The van der Waals surface area contributed by atoms with Gasteiger partial charge in [-0.15, -0.1) is 0 Å². The van der Waals surface area contributed by atoms with Crippen molar-refractivity contribution in [1.29, 1.82) is 0 Å². The fraction of sp³-hybridized carbons (Fsp3) is 0.786. The summed E-state index contributed by atoms with van der Waals surface area (Å²) in [6, 6.07) is 0. The van der Waals surface area contributed by atoms with Crippen LogP contribution >= 0.6 is 0 Å². The quantitative estimate of drug-likeness (QED) is 0.492. The van der Waals surface area contributed by atoms with Gasteiger partial charge >= 0.3 is 0 Å².